The molecule has 2 heterocycles. The van der Waals surface area contributed by atoms with Crippen molar-refractivity contribution in [3.05, 3.63) is 23.2 Å². The molecule has 1 N–H and O–H groups in total. The highest BCUT2D eigenvalue weighted by Crippen LogP contribution is 2.23. The topological polar surface area (TPSA) is 58.2 Å². The van der Waals surface area contributed by atoms with Crippen LogP contribution in [0, 0.1) is 0 Å². The van der Waals surface area contributed by atoms with Crippen LogP contribution in [-0.4, -0.2) is 51.8 Å². The van der Waals surface area contributed by atoms with E-state index in [1.165, 1.54) is 11.8 Å². The van der Waals surface area contributed by atoms with Gasteiger partial charge in [0, 0.05) is 18.1 Å². The maximum absolute atomic E-state index is 12.3. The van der Waals surface area contributed by atoms with Crippen LogP contribution in [0.25, 0.3) is 11.0 Å². The molecule has 1 amide bonds. The summed E-state index contributed by atoms with van der Waals surface area (Å²) in [6.07, 6.45) is 0.178. The number of amides is 1. The Morgan fingerprint density at radius 1 is 1.45 bits per heavy atom. The first-order valence-electron chi connectivity index (χ1n) is 7.22. The average Bonchev–Trinajstić information content (AvgIpc) is 2.85. The molecule has 7 heteroatoms. The number of fused-ring (bicyclic) bond motifs is 1. The highest BCUT2D eigenvalue weighted by molar-refractivity contribution is 7.99. The SMILES string of the molecule is CC1CN(C(=O)CSc2nc3ccc(Cl)cc3[nH]2)CC(C)O1. The zero-order valence-electron chi connectivity index (χ0n) is 12.5. The van der Waals surface area contributed by atoms with Gasteiger partial charge >= 0.3 is 0 Å². The summed E-state index contributed by atoms with van der Waals surface area (Å²) in [5.74, 6) is 0.484. The van der Waals surface area contributed by atoms with Gasteiger partial charge < -0.3 is 14.6 Å². The minimum absolute atomic E-state index is 0.0889. The summed E-state index contributed by atoms with van der Waals surface area (Å²) in [6, 6.07) is 5.51. The van der Waals surface area contributed by atoms with Gasteiger partial charge in [0.25, 0.3) is 0 Å². The lowest BCUT2D eigenvalue weighted by molar-refractivity contribution is -0.140. The molecule has 2 atom stereocenters. The number of ether oxygens (including phenoxy) is 1. The zero-order valence-corrected chi connectivity index (χ0v) is 14.1. The van der Waals surface area contributed by atoms with E-state index in [0.29, 0.717) is 23.9 Å². The van der Waals surface area contributed by atoms with E-state index in [4.69, 9.17) is 16.3 Å². The van der Waals surface area contributed by atoms with Crippen LogP contribution < -0.4 is 0 Å². The fourth-order valence-electron chi connectivity index (χ4n) is 2.63. The second-order valence-corrected chi connectivity index (χ2v) is 6.95. The number of morpholine rings is 1. The van der Waals surface area contributed by atoms with Gasteiger partial charge in [-0.25, -0.2) is 4.98 Å². The quantitative estimate of drug-likeness (QED) is 0.873. The molecule has 1 aromatic heterocycles. The lowest BCUT2D eigenvalue weighted by Gasteiger charge is -2.35. The molecule has 1 saturated heterocycles. The molecule has 0 spiro atoms. The van der Waals surface area contributed by atoms with Crippen LogP contribution in [0.2, 0.25) is 5.02 Å². The predicted octanol–water partition coefficient (Wildman–Crippen LogP) is 2.94. The minimum atomic E-state index is 0.0889. The summed E-state index contributed by atoms with van der Waals surface area (Å²) < 4.78 is 5.65. The molecule has 3 rings (SSSR count). The maximum Gasteiger partial charge on any atom is 0.233 e. The van der Waals surface area contributed by atoms with E-state index < -0.39 is 0 Å². The van der Waals surface area contributed by atoms with Crippen molar-refractivity contribution < 1.29 is 9.53 Å². The Hall–Kier alpha value is -1.24. The van der Waals surface area contributed by atoms with Crippen LogP contribution in [0.15, 0.2) is 23.4 Å². The van der Waals surface area contributed by atoms with E-state index in [9.17, 15) is 4.79 Å². The van der Waals surface area contributed by atoms with Gasteiger partial charge in [-0.2, -0.15) is 0 Å². The highest BCUT2D eigenvalue weighted by Gasteiger charge is 2.25. The largest absolute Gasteiger partial charge is 0.372 e. The van der Waals surface area contributed by atoms with Gasteiger partial charge in [-0.05, 0) is 32.0 Å². The third kappa shape index (κ3) is 3.56. The van der Waals surface area contributed by atoms with Gasteiger partial charge in [-0.15, -0.1) is 0 Å². The molecule has 1 fully saturated rings. The van der Waals surface area contributed by atoms with Crippen molar-refractivity contribution in [2.75, 3.05) is 18.8 Å². The molecule has 2 unspecified atom stereocenters. The summed E-state index contributed by atoms with van der Waals surface area (Å²) in [4.78, 5) is 21.8. The Kier molecular flexibility index (Phi) is 4.61. The number of thioether (sulfide) groups is 1. The maximum atomic E-state index is 12.3. The van der Waals surface area contributed by atoms with Crippen molar-refractivity contribution >= 4 is 40.3 Å². The summed E-state index contributed by atoms with van der Waals surface area (Å²) in [7, 11) is 0. The number of aromatic amines is 1. The lowest BCUT2D eigenvalue weighted by Crippen LogP contribution is -2.48. The number of imidazole rings is 1. The molecule has 2 aromatic rings. The highest BCUT2D eigenvalue weighted by atomic mass is 35.5. The van der Waals surface area contributed by atoms with E-state index >= 15 is 0 Å². The number of carbonyl (C=O) groups excluding carboxylic acids is 1. The summed E-state index contributed by atoms with van der Waals surface area (Å²) in [5.41, 5.74) is 1.74. The van der Waals surface area contributed by atoms with E-state index in [1.807, 2.05) is 30.9 Å². The van der Waals surface area contributed by atoms with Gasteiger partial charge in [-0.1, -0.05) is 23.4 Å². The number of rotatable bonds is 3. The van der Waals surface area contributed by atoms with E-state index in [0.717, 1.165) is 16.2 Å². The van der Waals surface area contributed by atoms with E-state index in [-0.39, 0.29) is 18.1 Å². The predicted molar refractivity (Wildman–Crippen MR) is 88.4 cm³/mol. The minimum Gasteiger partial charge on any atom is -0.372 e. The first-order valence-corrected chi connectivity index (χ1v) is 8.59. The van der Waals surface area contributed by atoms with Crippen LogP contribution in [-0.2, 0) is 9.53 Å². The van der Waals surface area contributed by atoms with Gasteiger partial charge in [0.2, 0.25) is 5.91 Å². The number of hydrogen-bond acceptors (Lipinski definition) is 4. The number of H-pyrrole nitrogens is 1. The number of nitrogens with zero attached hydrogens (tertiary/aromatic N) is 2. The third-order valence-corrected chi connectivity index (χ3v) is 4.62. The smallest absolute Gasteiger partial charge is 0.233 e. The number of aromatic nitrogens is 2. The molecular formula is C15H18ClN3O2S. The van der Waals surface area contributed by atoms with Gasteiger partial charge in [0.05, 0.1) is 29.0 Å². The van der Waals surface area contributed by atoms with Crippen molar-refractivity contribution in [2.45, 2.75) is 31.2 Å². The second kappa shape index (κ2) is 6.48. The van der Waals surface area contributed by atoms with Gasteiger partial charge in [-0.3, -0.25) is 4.79 Å². The number of benzene rings is 1. The monoisotopic (exact) mass is 339 g/mol. The van der Waals surface area contributed by atoms with Crippen molar-refractivity contribution in [3.8, 4) is 0 Å². The van der Waals surface area contributed by atoms with Crippen molar-refractivity contribution in [1.29, 1.82) is 0 Å². The molecule has 0 aliphatic carbocycles. The van der Waals surface area contributed by atoms with E-state index in [2.05, 4.69) is 9.97 Å². The standard InChI is InChI=1S/C15H18ClN3O2S/c1-9-6-19(7-10(2)21-9)14(20)8-22-15-17-12-4-3-11(16)5-13(12)18-15/h3-5,9-10H,6-8H2,1-2H3,(H,17,18). The van der Waals surface area contributed by atoms with Crippen molar-refractivity contribution in [1.82, 2.24) is 14.9 Å². The molecule has 0 bridgehead atoms. The Morgan fingerprint density at radius 2 is 2.18 bits per heavy atom. The zero-order chi connectivity index (χ0) is 15.7. The third-order valence-electron chi connectivity index (χ3n) is 3.53. The van der Waals surface area contributed by atoms with Gasteiger partial charge in [0.15, 0.2) is 5.16 Å². The molecule has 1 aliphatic rings. The van der Waals surface area contributed by atoms with Crippen LogP contribution in [0.4, 0.5) is 0 Å². The first kappa shape index (κ1) is 15.6. The molecular weight excluding hydrogens is 322 g/mol. The normalized spacial score (nSPS) is 22.2. The molecule has 1 aromatic carbocycles. The Bertz CT molecular complexity index is 680. The van der Waals surface area contributed by atoms with Crippen LogP contribution >= 0.6 is 23.4 Å². The molecule has 118 valence electrons. The Labute approximate surface area is 138 Å². The number of hydrogen-bond donors (Lipinski definition) is 1. The number of carbonyl (C=O) groups is 1. The summed E-state index contributed by atoms with van der Waals surface area (Å²) in [6.45, 7) is 5.29. The molecule has 0 radical (unpaired) electrons. The average molecular weight is 340 g/mol. The van der Waals surface area contributed by atoms with Crippen LogP contribution in [0.1, 0.15) is 13.8 Å². The summed E-state index contributed by atoms with van der Waals surface area (Å²) in [5, 5.41) is 1.40. The lowest BCUT2D eigenvalue weighted by atomic mass is 10.2. The molecule has 22 heavy (non-hydrogen) atoms. The van der Waals surface area contributed by atoms with Crippen molar-refractivity contribution in [2.24, 2.45) is 0 Å². The number of halogens is 1. The first-order chi connectivity index (χ1) is 10.5. The summed E-state index contributed by atoms with van der Waals surface area (Å²) >= 11 is 7.37. The molecule has 5 nitrogen and oxygen atoms in total. The second-order valence-electron chi connectivity index (χ2n) is 5.55. The van der Waals surface area contributed by atoms with Crippen molar-refractivity contribution in [3.63, 3.8) is 0 Å². The fourth-order valence-corrected chi connectivity index (χ4v) is 3.59. The molecule has 0 saturated carbocycles. The molecule has 1 aliphatic heterocycles. The Morgan fingerprint density at radius 3 is 2.91 bits per heavy atom. The number of nitrogens with one attached hydrogen (secondary N) is 1. The fraction of sp³-hybridized carbons (Fsp3) is 0.467. The van der Waals surface area contributed by atoms with E-state index in [1.54, 1.807) is 6.07 Å². The van der Waals surface area contributed by atoms with Crippen LogP contribution in [0.3, 0.4) is 0 Å². The van der Waals surface area contributed by atoms with Gasteiger partial charge in [0.1, 0.15) is 0 Å². The van der Waals surface area contributed by atoms with Crippen LogP contribution in [0.5, 0.6) is 0 Å². The Balaban J connectivity index is 1.62.